The molecule has 0 saturated carbocycles. The van der Waals surface area contributed by atoms with Crippen molar-refractivity contribution in [1.29, 1.82) is 0 Å². The number of hydrogen-bond acceptors (Lipinski definition) is 2. The summed E-state index contributed by atoms with van der Waals surface area (Å²) in [5.74, 6) is 0. The van der Waals surface area contributed by atoms with E-state index in [9.17, 15) is 0 Å². The molecule has 0 saturated heterocycles. The molecule has 2 N–H and O–H groups in total. The largest absolute Gasteiger partial charge is 0.349 e. The molecule has 0 heterocycles. The topological polar surface area (TPSA) is 40.5 Å². The molecule has 38 valence electrons. The van der Waals surface area contributed by atoms with Crippen molar-refractivity contribution < 1.29 is 9.79 Å². The van der Waals surface area contributed by atoms with E-state index in [0.29, 0.717) is 0 Å². The maximum Gasteiger partial charge on any atom is 0.183 e. The molecule has 0 aliphatic rings. The van der Waals surface area contributed by atoms with Crippen molar-refractivity contribution in [3.63, 3.8) is 0 Å². The van der Waals surface area contributed by atoms with Gasteiger partial charge >= 0.3 is 0 Å². The molecular formula is C2H6ClO2P. The third-order valence-corrected chi connectivity index (χ3v) is 1.48. The van der Waals surface area contributed by atoms with Crippen molar-refractivity contribution in [3.05, 3.63) is 0 Å². The quantitative estimate of drug-likeness (QED) is 0.406. The van der Waals surface area contributed by atoms with Crippen molar-refractivity contribution in [2.45, 2.75) is 12.0 Å². The Bertz CT molecular complexity index is 32.5. The summed E-state index contributed by atoms with van der Waals surface area (Å²) in [5.41, 5.74) is 0. The van der Waals surface area contributed by atoms with Crippen molar-refractivity contribution in [1.82, 2.24) is 0 Å². The van der Waals surface area contributed by atoms with E-state index < -0.39 is 13.5 Å². The van der Waals surface area contributed by atoms with Gasteiger partial charge in [0.1, 0.15) is 0 Å². The van der Waals surface area contributed by atoms with Gasteiger partial charge in [-0.15, -0.1) is 11.6 Å². The maximum absolute atomic E-state index is 8.12. The van der Waals surface area contributed by atoms with Gasteiger partial charge in [-0.3, -0.25) is 0 Å². The van der Waals surface area contributed by atoms with E-state index >= 15 is 0 Å². The molecule has 0 aliphatic heterocycles. The second-order valence-corrected chi connectivity index (χ2v) is 3.27. The van der Waals surface area contributed by atoms with Gasteiger partial charge in [0.05, 0.1) is 5.12 Å². The zero-order valence-corrected chi connectivity index (χ0v) is 4.95. The number of alkyl halides is 1. The van der Waals surface area contributed by atoms with Gasteiger partial charge in [-0.25, -0.2) is 0 Å². The summed E-state index contributed by atoms with van der Waals surface area (Å²) in [6, 6.07) is 0. The van der Waals surface area contributed by atoms with Crippen LogP contribution in [0.4, 0.5) is 0 Å². The van der Waals surface area contributed by atoms with Gasteiger partial charge in [0.15, 0.2) is 8.38 Å². The molecule has 0 bridgehead atoms. The van der Waals surface area contributed by atoms with Crippen molar-refractivity contribution in [2.24, 2.45) is 0 Å². The third kappa shape index (κ3) is 2.86. The average molecular weight is 128 g/mol. The van der Waals surface area contributed by atoms with E-state index in [1.807, 2.05) is 0 Å². The minimum absolute atomic E-state index is 0.500. The molecule has 6 heavy (non-hydrogen) atoms. The molecule has 0 unspecified atom stereocenters. The Labute approximate surface area is 42.7 Å². The van der Waals surface area contributed by atoms with Crippen LogP contribution in [0.3, 0.4) is 0 Å². The minimum atomic E-state index is -1.89. The Kier molecular flexibility index (Phi) is 3.05. The van der Waals surface area contributed by atoms with Crippen LogP contribution in [0, 0.1) is 0 Å². The van der Waals surface area contributed by atoms with Gasteiger partial charge in [0.2, 0.25) is 0 Å². The van der Waals surface area contributed by atoms with Crippen LogP contribution in [0.25, 0.3) is 0 Å². The van der Waals surface area contributed by atoms with Gasteiger partial charge in [-0.1, -0.05) is 0 Å². The highest BCUT2D eigenvalue weighted by Gasteiger charge is 2.04. The lowest BCUT2D eigenvalue weighted by atomic mass is 11.0. The molecule has 0 spiro atoms. The Morgan fingerprint density at radius 1 is 1.67 bits per heavy atom. The summed E-state index contributed by atoms with van der Waals surface area (Å²) in [6.07, 6.45) is 0. The molecule has 2 nitrogen and oxygen atoms in total. The highest BCUT2D eigenvalue weighted by Crippen LogP contribution is 2.32. The van der Waals surface area contributed by atoms with Gasteiger partial charge in [-0.05, 0) is 6.92 Å². The van der Waals surface area contributed by atoms with Crippen molar-refractivity contribution >= 4 is 20.0 Å². The Morgan fingerprint density at radius 3 is 1.83 bits per heavy atom. The number of rotatable bonds is 1. The van der Waals surface area contributed by atoms with Crippen LogP contribution in [-0.4, -0.2) is 14.9 Å². The standard InChI is InChI=1S/C2H6ClO2P/c1-2(3)6(4)5/h2,4-5H,1H3/t2-/m0/s1. The fraction of sp³-hybridized carbons (Fsp3) is 1.00. The lowest BCUT2D eigenvalue weighted by Gasteiger charge is -1.99. The second-order valence-electron chi connectivity index (χ2n) is 0.894. The first-order valence-electron chi connectivity index (χ1n) is 1.45. The molecule has 1 atom stereocenters. The lowest BCUT2D eigenvalue weighted by Crippen LogP contribution is -1.83. The predicted octanol–water partition coefficient (Wildman–Crippen LogP) is 0.868. The van der Waals surface area contributed by atoms with Crippen LogP contribution in [-0.2, 0) is 0 Å². The van der Waals surface area contributed by atoms with Crippen LogP contribution in [0.2, 0.25) is 0 Å². The summed E-state index contributed by atoms with van der Waals surface area (Å²) in [7, 11) is -1.89. The Hall–Kier alpha value is 0.640. The fourth-order valence-corrected chi connectivity index (χ4v) is 0. The summed E-state index contributed by atoms with van der Waals surface area (Å²) in [6.45, 7) is 1.53. The number of halogens is 1. The highest BCUT2D eigenvalue weighted by atomic mass is 35.5. The van der Waals surface area contributed by atoms with Crippen LogP contribution >= 0.6 is 20.0 Å². The lowest BCUT2D eigenvalue weighted by molar-refractivity contribution is 0.480. The van der Waals surface area contributed by atoms with Gasteiger partial charge < -0.3 is 9.79 Å². The second kappa shape index (κ2) is 2.75. The molecule has 0 radical (unpaired) electrons. The zero-order chi connectivity index (χ0) is 5.15. The molecule has 4 heteroatoms. The van der Waals surface area contributed by atoms with E-state index in [4.69, 9.17) is 21.4 Å². The van der Waals surface area contributed by atoms with Crippen LogP contribution in [0.1, 0.15) is 6.92 Å². The molecular weight excluding hydrogens is 122 g/mol. The number of hydrogen-bond donors (Lipinski definition) is 2. The summed E-state index contributed by atoms with van der Waals surface area (Å²) in [5, 5.41) is -0.500. The highest BCUT2D eigenvalue weighted by molar-refractivity contribution is 7.48. The summed E-state index contributed by atoms with van der Waals surface area (Å²) < 4.78 is 0. The van der Waals surface area contributed by atoms with Gasteiger partial charge in [0, 0.05) is 0 Å². The first kappa shape index (κ1) is 6.64. The Morgan fingerprint density at radius 2 is 1.83 bits per heavy atom. The third-order valence-electron chi connectivity index (χ3n) is 0.318. The van der Waals surface area contributed by atoms with E-state index in [2.05, 4.69) is 0 Å². The fourth-order valence-electron chi connectivity index (χ4n) is 0. The maximum atomic E-state index is 8.12. The first-order chi connectivity index (χ1) is 2.64. The normalized spacial score (nSPS) is 15.5. The van der Waals surface area contributed by atoms with Crippen molar-refractivity contribution in [3.8, 4) is 0 Å². The summed E-state index contributed by atoms with van der Waals surface area (Å²) >= 11 is 5.14. The predicted molar refractivity (Wildman–Crippen MR) is 26.7 cm³/mol. The smallest absolute Gasteiger partial charge is 0.183 e. The van der Waals surface area contributed by atoms with E-state index in [1.54, 1.807) is 0 Å². The molecule has 0 fully saturated rings. The molecule has 0 rings (SSSR count). The molecule has 0 aliphatic carbocycles. The van der Waals surface area contributed by atoms with E-state index in [0.717, 1.165) is 0 Å². The van der Waals surface area contributed by atoms with Crippen molar-refractivity contribution in [2.75, 3.05) is 0 Å². The molecule has 0 amide bonds. The van der Waals surface area contributed by atoms with Crippen LogP contribution in [0.5, 0.6) is 0 Å². The minimum Gasteiger partial charge on any atom is -0.349 e. The summed E-state index contributed by atoms with van der Waals surface area (Å²) in [4.78, 5) is 16.2. The van der Waals surface area contributed by atoms with Crippen LogP contribution in [0.15, 0.2) is 0 Å². The Balaban J connectivity index is 2.99. The first-order valence-corrected chi connectivity index (χ1v) is 3.21. The van der Waals surface area contributed by atoms with E-state index in [1.165, 1.54) is 6.92 Å². The molecule has 0 aromatic carbocycles. The van der Waals surface area contributed by atoms with Crippen LogP contribution < -0.4 is 0 Å². The van der Waals surface area contributed by atoms with Gasteiger partial charge in [0.25, 0.3) is 0 Å². The molecule has 0 aromatic heterocycles. The monoisotopic (exact) mass is 128 g/mol. The van der Waals surface area contributed by atoms with E-state index in [-0.39, 0.29) is 0 Å². The SMILES string of the molecule is C[C@@H](Cl)P(O)O. The average Bonchev–Trinajstić information content (AvgIpc) is 1.36. The van der Waals surface area contributed by atoms with Gasteiger partial charge in [-0.2, -0.15) is 0 Å². The molecule has 0 aromatic rings. The zero-order valence-electron chi connectivity index (χ0n) is 3.30.